The highest BCUT2D eigenvalue weighted by Crippen LogP contribution is 2.26. The maximum absolute atomic E-state index is 5.70. The van der Waals surface area contributed by atoms with Crippen molar-refractivity contribution in [2.45, 2.75) is 59.3 Å². The second-order valence-electron chi connectivity index (χ2n) is 5.37. The Morgan fingerprint density at radius 1 is 1.26 bits per heavy atom. The van der Waals surface area contributed by atoms with Gasteiger partial charge >= 0.3 is 0 Å². The number of rotatable bonds is 8. The smallest absolute Gasteiger partial charge is 0.119 e. The van der Waals surface area contributed by atoms with Crippen LogP contribution < -0.4 is 4.74 Å². The van der Waals surface area contributed by atoms with Gasteiger partial charge in [-0.1, -0.05) is 51.0 Å². The van der Waals surface area contributed by atoms with Crippen molar-refractivity contribution in [2.75, 3.05) is 6.61 Å². The van der Waals surface area contributed by atoms with Crippen LogP contribution in [0.5, 0.6) is 5.75 Å². The fraction of sp³-hybridized carbons (Fsp3) is 0.556. The lowest BCUT2D eigenvalue weighted by Crippen LogP contribution is -1.98. The monoisotopic (exact) mass is 260 g/mol. The summed E-state index contributed by atoms with van der Waals surface area (Å²) in [7, 11) is 0. The number of hydrogen-bond acceptors (Lipinski definition) is 1. The Bertz CT molecular complexity index is 392. The quantitative estimate of drug-likeness (QED) is 0.543. The van der Waals surface area contributed by atoms with E-state index < -0.39 is 0 Å². The second kappa shape index (κ2) is 8.79. The SMILES string of the molecule is CCCC=C(C)CC(C)c1cccc(OCCC)c1. The summed E-state index contributed by atoms with van der Waals surface area (Å²) in [5.74, 6) is 1.56. The Kier molecular flexibility index (Phi) is 7.32. The first kappa shape index (κ1) is 15.8. The van der Waals surface area contributed by atoms with Crippen LogP contribution in [0.1, 0.15) is 64.9 Å². The summed E-state index contributed by atoms with van der Waals surface area (Å²) in [6.07, 6.45) is 6.98. The van der Waals surface area contributed by atoms with E-state index in [1.54, 1.807) is 0 Å². The van der Waals surface area contributed by atoms with Crippen LogP contribution in [-0.2, 0) is 0 Å². The van der Waals surface area contributed by atoms with Crippen LogP contribution in [-0.4, -0.2) is 6.61 Å². The molecular formula is C18H28O. The van der Waals surface area contributed by atoms with Gasteiger partial charge in [0.25, 0.3) is 0 Å². The molecule has 1 heteroatoms. The van der Waals surface area contributed by atoms with Crippen LogP contribution in [0, 0.1) is 0 Å². The van der Waals surface area contributed by atoms with Crippen LogP contribution in [0.3, 0.4) is 0 Å². The Labute approximate surface area is 118 Å². The molecule has 19 heavy (non-hydrogen) atoms. The zero-order valence-electron chi connectivity index (χ0n) is 12.9. The molecule has 0 amide bonds. The molecule has 1 atom stereocenters. The third-order valence-electron chi connectivity index (χ3n) is 3.31. The lowest BCUT2D eigenvalue weighted by atomic mass is 9.93. The van der Waals surface area contributed by atoms with E-state index in [4.69, 9.17) is 4.74 Å². The van der Waals surface area contributed by atoms with E-state index in [0.717, 1.165) is 25.2 Å². The summed E-state index contributed by atoms with van der Waals surface area (Å²) in [4.78, 5) is 0. The van der Waals surface area contributed by atoms with Gasteiger partial charge in [-0.2, -0.15) is 0 Å². The van der Waals surface area contributed by atoms with Gasteiger partial charge in [0.1, 0.15) is 5.75 Å². The van der Waals surface area contributed by atoms with Crippen LogP contribution in [0.15, 0.2) is 35.9 Å². The maximum Gasteiger partial charge on any atom is 0.119 e. The number of allylic oxidation sites excluding steroid dienone is 2. The summed E-state index contributed by atoms with van der Waals surface area (Å²) in [5.41, 5.74) is 2.87. The third kappa shape index (κ3) is 5.96. The minimum Gasteiger partial charge on any atom is -0.494 e. The Morgan fingerprint density at radius 3 is 2.74 bits per heavy atom. The minimum atomic E-state index is 0.554. The van der Waals surface area contributed by atoms with E-state index in [9.17, 15) is 0 Å². The highest BCUT2D eigenvalue weighted by Gasteiger charge is 2.07. The normalized spacial score (nSPS) is 13.4. The molecule has 106 valence electrons. The molecule has 0 aliphatic rings. The van der Waals surface area contributed by atoms with Crippen molar-refractivity contribution in [1.29, 1.82) is 0 Å². The molecule has 1 nitrogen and oxygen atoms in total. The standard InChI is InChI=1S/C18H28O/c1-5-7-9-15(3)13-16(4)17-10-8-11-18(14-17)19-12-6-2/h8-11,14,16H,5-7,12-13H2,1-4H3. The Balaban J connectivity index is 2.63. The van der Waals surface area contributed by atoms with Gasteiger partial charge in [0, 0.05) is 0 Å². The molecular weight excluding hydrogens is 232 g/mol. The Morgan fingerprint density at radius 2 is 2.05 bits per heavy atom. The van der Waals surface area contributed by atoms with Gasteiger partial charge < -0.3 is 4.74 Å². The van der Waals surface area contributed by atoms with E-state index >= 15 is 0 Å². The molecule has 0 spiro atoms. The van der Waals surface area contributed by atoms with Crippen molar-refractivity contribution in [3.05, 3.63) is 41.5 Å². The molecule has 0 saturated heterocycles. The number of ether oxygens (including phenoxy) is 1. The fourth-order valence-electron chi connectivity index (χ4n) is 2.21. The van der Waals surface area contributed by atoms with E-state index in [2.05, 4.69) is 52.0 Å². The van der Waals surface area contributed by atoms with Crippen molar-refractivity contribution in [3.8, 4) is 5.75 Å². The van der Waals surface area contributed by atoms with Crippen molar-refractivity contribution < 1.29 is 4.74 Å². The molecule has 0 bridgehead atoms. The summed E-state index contributed by atoms with van der Waals surface area (Å²) in [6, 6.07) is 8.54. The van der Waals surface area contributed by atoms with Crippen molar-refractivity contribution in [1.82, 2.24) is 0 Å². The molecule has 1 rings (SSSR count). The third-order valence-corrected chi connectivity index (χ3v) is 3.31. The molecule has 1 aromatic rings. The van der Waals surface area contributed by atoms with E-state index in [1.807, 2.05) is 6.07 Å². The van der Waals surface area contributed by atoms with Crippen molar-refractivity contribution >= 4 is 0 Å². The molecule has 0 fully saturated rings. The van der Waals surface area contributed by atoms with Gasteiger partial charge in [-0.3, -0.25) is 0 Å². The maximum atomic E-state index is 5.70. The fourth-order valence-corrected chi connectivity index (χ4v) is 2.21. The van der Waals surface area contributed by atoms with E-state index in [-0.39, 0.29) is 0 Å². The lowest BCUT2D eigenvalue weighted by Gasteiger charge is -2.14. The van der Waals surface area contributed by atoms with Crippen LogP contribution in [0.4, 0.5) is 0 Å². The molecule has 0 aliphatic heterocycles. The highest BCUT2D eigenvalue weighted by molar-refractivity contribution is 5.31. The first-order valence-electron chi connectivity index (χ1n) is 7.55. The predicted octanol–water partition coefficient (Wildman–Crippen LogP) is 5.72. The zero-order chi connectivity index (χ0) is 14.1. The largest absolute Gasteiger partial charge is 0.494 e. The molecule has 0 heterocycles. The first-order chi connectivity index (χ1) is 9.17. The van der Waals surface area contributed by atoms with Gasteiger partial charge in [0.05, 0.1) is 6.61 Å². The number of hydrogen-bond donors (Lipinski definition) is 0. The zero-order valence-corrected chi connectivity index (χ0v) is 12.9. The van der Waals surface area contributed by atoms with Gasteiger partial charge in [0.2, 0.25) is 0 Å². The van der Waals surface area contributed by atoms with Gasteiger partial charge in [-0.15, -0.1) is 0 Å². The molecule has 0 radical (unpaired) electrons. The second-order valence-corrected chi connectivity index (χ2v) is 5.37. The summed E-state index contributed by atoms with van der Waals surface area (Å²) < 4.78 is 5.70. The summed E-state index contributed by atoms with van der Waals surface area (Å²) in [6.45, 7) is 9.69. The van der Waals surface area contributed by atoms with Gasteiger partial charge in [-0.05, 0) is 49.8 Å². The van der Waals surface area contributed by atoms with E-state index in [1.165, 1.54) is 24.0 Å². The summed E-state index contributed by atoms with van der Waals surface area (Å²) in [5, 5.41) is 0. The molecule has 0 saturated carbocycles. The van der Waals surface area contributed by atoms with Crippen LogP contribution in [0.25, 0.3) is 0 Å². The molecule has 0 aliphatic carbocycles. The summed E-state index contributed by atoms with van der Waals surface area (Å²) >= 11 is 0. The highest BCUT2D eigenvalue weighted by atomic mass is 16.5. The molecule has 1 aromatic carbocycles. The average Bonchev–Trinajstić information content (AvgIpc) is 2.43. The van der Waals surface area contributed by atoms with Crippen molar-refractivity contribution in [3.63, 3.8) is 0 Å². The van der Waals surface area contributed by atoms with Crippen LogP contribution in [0.2, 0.25) is 0 Å². The minimum absolute atomic E-state index is 0.554. The first-order valence-corrected chi connectivity index (χ1v) is 7.55. The molecule has 0 aromatic heterocycles. The number of unbranched alkanes of at least 4 members (excludes halogenated alkanes) is 1. The average molecular weight is 260 g/mol. The molecule has 1 unspecified atom stereocenters. The predicted molar refractivity (Wildman–Crippen MR) is 83.9 cm³/mol. The van der Waals surface area contributed by atoms with Gasteiger partial charge in [0.15, 0.2) is 0 Å². The number of benzene rings is 1. The van der Waals surface area contributed by atoms with Crippen molar-refractivity contribution in [2.24, 2.45) is 0 Å². The Hall–Kier alpha value is -1.24. The topological polar surface area (TPSA) is 9.23 Å². The van der Waals surface area contributed by atoms with Crippen LogP contribution >= 0.6 is 0 Å². The molecule has 0 N–H and O–H groups in total. The van der Waals surface area contributed by atoms with E-state index in [0.29, 0.717) is 5.92 Å². The van der Waals surface area contributed by atoms with Gasteiger partial charge in [-0.25, -0.2) is 0 Å². The lowest BCUT2D eigenvalue weighted by molar-refractivity contribution is 0.317.